The van der Waals surface area contributed by atoms with E-state index in [9.17, 15) is 0 Å². The van der Waals surface area contributed by atoms with Gasteiger partial charge < -0.3 is 10.5 Å². The van der Waals surface area contributed by atoms with Crippen molar-refractivity contribution >= 4 is 22.2 Å². The number of benzene rings is 2. The van der Waals surface area contributed by atoms with E-state index in [1.54, 1.807) is 13.3 Å². The Labute approximate surface area is 184 Å². The third kappa shape index (κ3) is 2.89. The monoisotopic (exact) mass is 422 g/mol. The van der Waals surface area contributed by atoms with Crippen molar-refractivity contribution in [2.45, 2.75) is 25.2 Å². The zero-order chi connectivity index (χ0) is 21.7. The molecule has 158 valence electrons. The lowest BCUT2D eigenvalue weighted by molar-refractivity contribution is 0.400. The molecule has 0 bridgehead atoms. The molecule has 6 rings (SSSR count). The minimum Gasteiger partial charge on any atom is -0.480 e. The first-order valence-electron chi connectivity index (χ1n) is 10.8. The highest BCUT2D eigenvalue weighted by Gasteiger charge is 2.27. The maximum atomic E-state index is 6.31. The SMILES string of the molecule is COc1nc(-c2ccccc2)nc2cc(-c3nc(C4CCC4)n4ccnc(N)c34)ccc12. The number of imidazole rings is 1. The molecule has 0 saturated heterocycles. The van der Waals surface area contributed by atoms with Crippen molar-refractivity contribution in [1.82, 2.24) is 24.3 Å². The number of anilines is 1. The van der Waals surface area contributed by atoms with Crippen molar-refractivity contribution < 1.29 is 4.74 Å². The fourth-order valence-electron chi connectivity index (χ4n) is 4.36. The number of nitrogens with two attached hydrogens (primary N) is 1. The fraction of sp³-hybridized carbons (Fsp3) is 0.200. The molecule has 0 unspecified atom stereocenters. The molecule has 1 aliphatic rings. The normalized spacial score (nSPS) is 14.0. The van der Waals surface area contributed by atoms with Crippen LogP contribution >= 0.6 is 0 Å². The summed E-state index contributed by atoms with van der Waals surface area (Å²) in [6.45, 7) is 0. The van der Waals surface area contributed by atoms with Crippen LogP contribution in [0.25, 0.3) is 39.1 Å². The Morgan fingerprint density at radius 2 is 1.84 bits per heavy atom. The highest BCUT2D eigenvalue weighted by atomic mass is 16.5. The number of ether oxygens (including phenoxy) is 1. The van der Waals surface area contributed by atoms with E-state index in [0.717, 1.165) is 51.9 Å². The molecule has 0 radical (unpaired) electrons. The van der Waals surface area contributed by atoms with Crippen LogP contribution in [0.5, 0.6) is 5.88 Å². The highest BCUT2D eigenvalue weighted by Crippen LogP contribution is 2.40. The van der Waals surface area contributed by atoms with Gasteiger partial charge in [0, 0.05) is 29.4 Å². The summed E-state index contributed by atoms with van der Waals surface area (Å²) in [7, 11) is 1.63. The van der Waals surface area contributed by atoms with Crippen molar-refractivity contribution in [2.24, 2.45) is 0 Å². The van der Waals surface area contributed by atoms with Gasteiger partial charge in [-0.1, -0.05) is 42.8 Å². The standard InChI is InChI=1S/C25H22N6O/c1-32-25-18-11-10-17(14-19(18)28-23(30-25)15-6-3-2-4-7-15)20-21-22(26)27-12-13-31(21)24(29-20)16-8-5-9-16/h2-4,6-7,10-14,16H,5,8-9H2,1H3,(H2,26,27). The number of methoxy groups -OCH3 is 1. The maximum absolute atomic E-state index is 6.31. The largest absolute Gasteiger partial charge is 0.480 e. The Morgan fingerprint density at radius 3 is 2.59 bits per heavy atom. The summed E-state index contributed by atoms with van der Waals surface area (Å²) in [6, 6.07) is 15.9. The van der Waals surface area contributed by atoms with Gasteiger partial charge in [-0.2, -0.15) is 4.98 Å². The molecule has 7 heteroatoms. The predicted molar refractivity (Wildman–Crippen MR) is 125 cm³/mol. The molecule has 2 aromatic carbocycles. The fourth-order valence-corrected chi connectivity index (χ4v) is 4.36. The lowest BCUT2D eigenvalue weighted by atomic mass is 9.85. The Morgan fingerprint density at radius 1 is 1.00 bits per heavy atom. The number of fused-ring (bicyclic) bond motifs is 2. The van der Waals surface area contributed by atoms with E-state index in [2.05, 4.69) is 14.4 Å². The third-order valence-electron chi connectivity index (χ3n) is 6.24. The second-order valence-electron chi connectivity index (χ2n) is 8.13. The van der Waals surface area contributed by atoms with Gasteiger partial charge in [0.05, 0.1) is 18.0 Å². The number of nitrogens with zero attached hydrogens (tertiary/aromatic N) is 5. The van der Waals surface area contributed by atoms with E-state index in [1.807, 2.05) is 54.7 Å². The molecule has 0 amide bonds. The zero-order valence-corrected chi connectivity index (χ0v) is 17.7. The Balaban J connectivity index is 1.57. The maximum Gasteiger partial charge on any atom is 0.224 e. The van der Waals surface area contributed by atoms with E-state index in [-0.39, 0.29) is 0 Å². The van der Waals surface area contributed by atoms with Crippen molar-refractivity contribution in [3.63, 3.8) is 0 Å². The van der Waals surface area contributed by atoms with Gasteiger partial charge in [-0.3, -0.25) is 4.40 Å². The van der Waals surface area contributed by atoms with Gasteiger partial charge in [-0.05, 0) is 25.0 Å². The minimum absolute atomic E-state index is 0.464. The summed E-state index contributed by atoms with van der Waals surface area (Å²) >= 11 is 0. The van der Waals surface area contributed by atoms with Crippen LogP contribution in [0.3, 0.4) is 0 Å². The average molecular weight is 422 g/mol. The summed E-state index contributed by atoms with van der Waals surface area (Å²) in [6.07, 6.45) is 7.24. The summed E-state index contributed by atoms with van der Waals surface area (Å²) < 4.78 is 7.68. The number of nitrogen functional groups attached to an aromatic ring is 1. The Bertz CT molecular complexity index is 1460. The van der Waals surface area contributed by atoms with Crippen LogP contribution in [-0.2, 0) is 0 Å². The van der Waals surface area contributed by atoms with Gasteiger partial charge in [-0.15, -0.1) is 0 Å². The second-order valence-corrected chi connectivity index (χ2v) is 8.13. The average Bonchev–Trinajstić information content (AvgIpc) is 3.18. The molecule has 32 heavy (non-hydrogen) atoms. The molecule has 3 heterocycles. The smallest absolute Gasteiger partial charge is 0.224 e. The molecule has 3 aromatic heterocycles. The van der Waals surface area contributed by atoms with Gasteiger partial charge >= 0.3 is 0 Å². The van der Waals surface area contributed by atoms with Crippen LogP contribution in [0.2, 0.25) is 0 Å². The number of hydrogen-bond donors (Lipinski definition) is 1. The van der Waals surface area contributed by atoms with Crippen LogP contribution in [0.4, 0.5) is 5.82 Å². The van der Waals surface area contributed by atoms with Gasteiger partial charge in [0.25, 0.3) is 0 Å². The third-order valence-corrected chi connectivity index (χ3v) is 6.24. The summed E-state index contributed by atoms with van der Waals surface area (Å²) in [5.74, 6) is 3.17. The van der Waals surface area contributed by atoms with Gasteiger partial charge in [0.1, 0.15) is 22.9 Å². The van der Waals surface area contributed by atoms with Crippen LogP contribution in [0, 0.1) is 0 Å². The first kappa shape index (κ1) is 18.7. The topological polar surface area (TPSA) is 91.2 Å². The molecule has 0 aliphatic heterocycles. The van der Waals surface area contributed by atoms with Crippen LogP contribution in [-0.4, -0.2) is 31.4 Å². The highest BCUT2D eigenvalue weighted by molar-refractivity contribution is 5.93. The minimum atomic E-state index is 0.464. The first-order valence-corrected chi connectivity index (χ1v) is 10.8. The van der Waals surface area contributed by atoms with E-state index in [4.69, 9.17) is 20.4 Å². The molecule has 7 nitrogen and oxygen atoms in total. The summed E-state index contributed by atoms with van der Waals surface area (Å²) in [4.78, 5) is 18.8. The van der Waals surface area contributed by atoms with Gasteiger partial charge in [0.15, 0.2) is 5.82 Å². The molecule has 1 fully saturated rings. The van der Waals surface area contributed by atoms with Crippen molar-refractivity contribution in [3.8, 4) is 28.5 Å². The number of rotatable bonds is 4. The molecular weight excluding hydrogens is 400 g/mol. The molecular formula is C25H22N6O. The van der Waals surface area contributed by atoms with Gasteiger partial charge in [0.2, 0.25) is 5.88 Å². The van der Waals surface area contributed by atoms with E-state index >= 15 is 0 Å². The Hall–Kier alpha value is -4.00. The predicted octanol–water partition coefficient (Wildman–Crippen LogP) is 4.86. The molecule has 5 aromatic rings. The van der Waals surface area contributed by atoms with Crippen molar-refractivity contribution in [1.29, 1.82) is 0 Å². The second kappa shape index (κ2) is 7.30. The van der Waals surface area contributed by atoms with E-state index in [0.29, 0.717) is 23.4 Å². The summed E-state index contributed by atoms with van der Waals surface area (Å²) in [5, 5.41) is 0.852. The number of hydrogen-bond acceptors (Lipinski definition) is 6. The Kier molecular flexibility index (Phi) is 4.28. The molecule has 0 spiro atoms. The zero-order valence-electron chi connectivity index (χ0n) is 17.7. The van der Waals surface area contributed by atoms with Crippen LogP contribution in [0.15, 0.2) is 60.9 Å². The van der Waals surface area contributed by atoms with Crippen LogP contribution in [0.1, 0.15) is 31.0 Å². The molecule has 1 aliphatic carbocycles. The van der Waals surface area contributed by atoms with Gasteiger partial charge in [-0.25, -0.2) is 15.0 Å². The van der Waals surface area contributed by atoms with E-state index < -0.39 is 0 Å². The van der Waals surface area contributed by atoms with Crippen molar-refractivity contribution in [2.75, 3.05) is 12.8 Å². The lowest BCUT2D eigenvalue weighted by Gasteiger charge is -2.23. The molecule has 0 atom stereocenters. The molecule has 2 N–H and O–H groups in total. The van der Waals surface area contributed by atoms with Crippen molar-refractivity contribution in [3.05, 3.63) is 66.7 Å². The van der Waals surface area contributed by atoms with Crippen LogP contribution < -0.4 is 10.5 Å². The summed E-state index contributed by atoms with van der Waals surface area (Å²) in [5.41, 5.74) is 10.7. The first-order chi connectivity index (χ1) is 15.7. The number of aromatic nitrogens is 5. The van der Waals surface area contributed by atoms with E-state index in [1.165, 1.54) is 6.42 Å². The lowest BCUT2D eigenvalue weighted by Crippen LogP contribution is -2.12. The quantitative estimate of drug-likeness (QED) is 0.444. The molecule has 1 saturated carbocycles.